The van der Waals surface area contributed by atoms with Crippen LogP contribution in [0.3, 0.4) is 0 Å². The van der Waals surface area contributed by atoms with Gasteiger partial charge in [0.05, 0.1) is 0 Å². The van der Waals surface area contributed by atoms with E-state index in [1.165, 1.54) is 32.4 Å². The summed E-state index contributed by atoms with van der Waals surface area (Å²) in [5, 5.41) is 6.11. The Kier molecular flexibility index (Phi) is 4.19. The molecule has 1 fully saturated rings. The minimum atomic E-state index is -0.163. The summed E-state index contributed by atoms with van der Waals surface area (Å²) < 4.78 is 0. The molecule has 4 N–H and O–H groups in total. The molecule has 7 nitrogen and oxygen atoms in total. The van der Waals surface area contributed by atoms with Gasteiger partial charge < -0.3 is 21.3 Å². The summed E-state index contributed by atoms with van der Waals surface area (Å²) in [5.41, 5.74) is 7.00. The fourth-order valence-corrected chi connectivity index (χ4v) is 2.97. The van der Waals surface area contributed by atoms with Crippen molar-refractivity contribution >= 4 is 17.7 Å². The highest BCUT2D eigenvalue weighted by molar-refractivity contribution is 5.96. The van der Waals surface area contributed by atoms with E-state index >= 15 is 0 Å². The molecule has 3 rings (SSSR count). The first-order valence-corrected chi connectivity index (χ1v) is 7.65. The zero-order valence-corrected chi connectivity index (χ0v) is 12.2. The summed E-state index contributed by atoms with van der Waals surface area (Å²) in [7, 11) is 0. The summed E-state index contributed by atoms with van der Waals surface area (Å²) in [6, 6.07) is 0. The third kappa shape index (κ3) is 3.24. The second-order valence-corrected chi connectivity index (χ2v) is 5.59. The van der Waals surface area contributed by atoms with Crippen molar-refractivity contribution in [2.75, 3.05) is 43.8 Å². The van der Waals surface area contributed by atoms with Gasteiger partial charge in [-0.3, -0.25) is 4.79 Å². The summed E-state index contributed by atoms with van der Waals surface area (Å²) >= 11 is 0. The number of nitrogens with zero attached hydrogens (tertiary/aromatic N) is 3. The number of piperidine rings is 1. The minimum Gasteiger partial charge on any atom is -0.368 e. The molecule has 2 aliphatic rings. The van der Waals surface area contributed by atoms with Crippen molar-refractivity contribution in [2.45, 2.75) is 25.7 Å². The molecule has 2 aliphatic heterocycles. The Balaban J connectivity index is 1.66. The molecule has 1 aromatic rings. The number of carbonyl (C=O) groups excluding carboxylic acids is 1. The second kappa shape index (κ2) is 6.26. The van der Waals surface area contributed by atoms with Crippen molar-refractivity contribution in [3.05, 3.63) is 11.3 Å². The molecule has 1 aromatic heterocycles. The number of rotatable bonds is 4. The molecule has 1 amide bonds. The van der Waals surface area contributed by atoms with Crippen LogP contribution >= 0.6 is 0 Å². The van der Waals surface area contributed by atoms with Crippen molar-refractivity contribution in [1.82, 2.24) is 20.2 Å². The molecule has 21 heavy (non-hydrogen) atoms. The third-order valence-corrected chi connectivity index (χ3v) is 4.07. The number of nitrogens with two attached hydrogens (primary N) is 1. The number of hydrogen-bond acceptors (Lipinski definition) is 6. The van der Waals surface area contributed by atoms with Gasteiger partial charge in [-0.2, -0.15) is 4.98 Å². The highest BCUT2D eigenvalue weighted by Crippen LogP contribution is 2.20. The van der Waals surface area contributed by atoms with Gasteiger partial charge in [-0.25, -0.2) is 4.98 Å². The average molecular weight is 290 g/mol. The standard InChI is InChI=1S/C14H22N6O/c15-14-18-11-10(4-5-17-13(11)21)12(19-14)16-6-9-20-7-2-1-3-8-20/h1-9H2,(H,17,21)(H3,15,16,18,19). The number of aromatic nitrogens is 2. The molecule has 0 unspecified atom stereocenters. The van der Waals surface area contributed by atoms with Crippen LogP contribution in [0.4, 0.5) is 11.8 Å². The number of carbonyl (C=O) groups is 1. The topological polar surface area (TPSA) is 96.2 Å². The molecule has 3 heterocycles. The predicted octanol–water partition coefficient (Wildman–Crippen LogP) is 0.242. The zero-order chi connectivity index (χ0) is 14.7. The van der Waals surface area contributed by atoms with E-state index in [-0.39, 0.29) is 11.9 Å². The molecule has 0 aromatic carbocycles. The second-order valence-electron chi connectivity index (χ2n) is 5.59. The molecule has 0 bridgehead atoms. The number of nitrogen functional groups attached to an aromatic ring is 1. The van der Waals surface area contributed by atoms with Gasteiger partial charge in [0, 0.05) is 25.2 Å². The summed E-state index contributed by atoms with van der Waals surface area (Å²) in [4.78, 5) is 22.6. The van der Waals surface area contributed by atoms with Gasteiger partial charge in [0.25, 0.3) is 5.91 Å². The molecular weight excluding hydrogens is 268 g/mol. The van der Waals surface area contributed by atoms with Crippen LogP contribution in [0.2, 0.25) is 0 Å². The molecular formula is C14H22N6O. The molecule has 7 heteroatoms. The first-order chi connectivity index (χ1) is 10.2. The highest BCUT2D eigenvalue weighted by atomic mass is 16.1. The van der Waals surface area contributed by atoms with Crippen LogP contribution in [-0.2, 0) is 6.42 Å². The van der Waals surface area contributed by atoms with Gasteiger partial charge in [-0.15, -0.1) is 0 Å². The lowest BCUT2D eigenvalue weighted by molar-refractivity contribution is 0.0940. The van der Waals surface area contributed by atoms with Crippen molar-refractivity contribution in [1.29, 1.82) is 0 Å². The summed E-state index contributed by atoms with van der Waals surface area (Å²) in [5.74, 6) is 0.695. The Labute approximate surface area is 124 Å². The van der Waals surface area contributed by atoms with Crippen LogP contribution in [0.25, 0.3) is 0 Å². The average Bonchev–Trinajstić information content (AvgIpc) is 2.49. The zero-order valence-electron chi connectivity index (χ0n) is 12.2. The molecule has 0 spiro atoms. The van der Waals surface area contributed by atoms with Gasteiger partial charge in [0.1, 0.15) is 11.5 Å². The lowest BCUT2D eigenvalue weighted by Crippen LogP contribution is -2.35. The van der Waals surface area contributed by atoms with Crippen molar-refractivity contribution in [3.8, 4) is 0 Å². The van der Waals surface area contributed by atoms with E-state index in [1.807, 2.05) is 0 Å². The Bertz CT molecular complexity index is 526. The summed E-state index contributed by atoms with van der Waals surface area (Å²) in [6.45, 7) is 4.78. The number of anilines is 2. The van der Waals surface area contributed by atoms with E-state index in [9.17, 15) is 4.79 Å². The number of amides is 1. The molecule has 0 atom stereocenters. The van der Waals surface area contributed by atoms with E-state index in [0.29, 0.717) is 18.1 Å². The van der Waals surface area contributed by atoms with Gasteiger partial charge in [0.2, 0.25) is 5.95 Å². The van der Waals surface area contributed by atoms with Crippen LogP contribution in [0, 0.1) is 0 Å². The van der Waals surface area contributed by atoms with E-state index in [2.05, 4.69) is 25.5 Å². The van der Waals surface area contributed by atoms with Crippen molar-refractivity contribution < 1.29 is 4.79 Å². The van der Waals surface area contributed by atoms with E-state index in [4.69, 9.17) is 5.73 Å². The van der Waals surface area contributed by atoms with Crippen molar-refractivity contribution in [2.24, 2.45) is 0 Å². The Morgan fingerprint density at radius 3 is 2.86 bits per heavy atom. The predicted molar refractivity (Wildman–Crippen MR) is 81.3 cm³/mol. The van der Waals surface area contributed by atoms with Crippen molar-refractivity contribution in [3.63, 3.8) is 0 Å². The van der Waals surface area contributed by atoms with Crippen LogP contribution in [0.1, 0.15) is 35.3 Å². The first kappa shape index (κ1) is 14.1. The van der Waals surface area contributed by atoms with Gasteiger partial charge in [-0.05, 0) is 32.4 Å². The monoisotopic (exact) mass is 290 g/mol. The SMILES string of the molecule is Nc1nc(NCCN2CCCCC2)c2c(n1)C(=O)NCC2. The Hall–Kier alpha value is -1.89. The smallest absolute Gasteiger partial charge is 0.270 e. The van der Waals surface area contributed by atoms with Crippen LogP contribution in [-0.4, -0.2) is 53.5 Å². The Morgan fingerprint density at radius 2 is 2.05 bits per heavy atom. The largest absolute Gasteiger partial charge is 0.368 e. The first-order valence-electron chi connectivity index (χ1n) is 7.65. The number of fused-ring (bicyclic) bond motifs is 1. The molecule has 0 radical (unpaired) electrons. The molecule has 0 aliphatic carbocycles. The van der Waals surface area contributed by atoms with Crippen LogP contribution in [0.15, 0.2) is 0 Å². The molecule has 0 saturated carbocycles. The van der Waals surface area contributed by atoms with E-state index in [1.54, 1.807) is 0 Å². The highest BCUT2D eigenvalue weighted by Gasteiger charge is 2.23. The summed E-state index contributed by atoms with van der Waals surface area (Å²) in [6.07, 6.45) is 4.66. The fourth-order valence-electron chi connectivity index (χ4n) is 2.97. The minimum absolute atomic E-state index is 0.145. The van der Waals surface area contributed by atoms with Gasteiger partial charge in [0.15, 0.2) is 0 Å². The molecule has 1 saturated heterocycles. The van der Waals surface area contributed by atoms with Crippen LogP contribution < -0.4 is 16.4 Å². The lowest BCUT2D eigenvalue weighted by atomic mass is 10.1. The number of nitrogens with one attached hydrogen (secondary N) is 2. The van der Waals surface area contributed by atoms with E-state index in [0.717, 1.165) is 25.1 Å². The Morgan fingerprint density at radius 1 is 1.24 bits per heavy atom. The normalized spacial score (nSPS) is 19.0. The quantitative estimate of drug-likeness (QED) is 0.735. The fraction of sp³-hybridized carbons (Fsp3) is 0.643. The number of likely N-dealkylation sites (tertiary alicyclic amines) is 1. The van der Waals surface area contributed by atoms with Gasteiger partial charge in [-0.1, -0.05) is 6.42 Å². The van der Waals surface area contributed by atoms with Gasteiger partial charge >= 0.3 is 0 Å². The van der Waals surface area contributed by atoms with E-state index < -0.39 is 0 Å². The van der Waals surface area contributed by atoms with Crippen LogP contribution in [0.5, 0.6) is 0 Å². The maximum atomic E-state index is 11.8. The lowest BCUT2D eigenvalue weighted by Gasteiger charge is -2.26. The maximum Gasteiger partial charge on any atom is 0.270 e. The third-order valence-electron chi connectivity index (χ3n) is 4.07. The number of hydrogen-bond donors (Lipinski definition) is 3. The maximum absolute atomic E-state index is 11.8. The molecule has 114 valence electrons.